The van der Waals surface area contributed by atoms with Crippen molar-refractivity contribution in [1.29, 1.82) is 0 Å². The van der Waals surface area contributed by atoms with Crippen LogP contribution in [0.25, 0.3) is 0 Å². The zero-order valence-corrected chi connectivity index (χ0v) is 15.8. The molecule has 1 saturated heterocycles. The monoisotopic (exact) mass is 367 g/mol. The predicted octanol–water partition coefficient (Wildman–Crippen LogP) is 2.66. The summed E-state index contributed by atoms with van der Waals surface area (Å²) in [4.78, 5) is 28.0. The van der Waals surface area contributed by atoms with Crippen LogP contribution in [0.15, 0.2) is 48.5 Å². The SMILES string of the molecule is COc1ccc(N2CCN(CC(=O)Nc3ccc(C(C)=O)cc3)CC2)cc1. The van der Waals surface area contributed by atoms with Crippen molar-refractivity contribution in [2.75, 3.05) is 50.1 Å². The standard InChI is InChI=1S/C21H25N3O3/c1-16(25)17-3-5-18(6-4-17)22-21(26)15-23-11-13-24(14-12-23)19-7-9-20(27-2)10-8-19/h3-10H,11-15H2,1-2H3,(H,22,26). The zero-order valence-electron chi connectivity index (χ0n) is 15.8. The topological polar surface area (TPSA) is 61.9 Å². The molecule has 0 unspecified atom stereocenters. The van der Waals surface area contributed by atoms with Crippen molar-refractivity contribution in [2.45, 2.75) is 6.92 Å². The zero-order chi connectivity index (χ0) is 19.2. The van der Waals surface area contributed by atoms with E-state index < -0.39 is 0 Å². The largest absolute Gasteiger partial charge is 0.497 e. The lowest BCUT2D eigenvalue weighted by molar-refractivity contribution is -0.117. The molecule has 0 aromatic heterocycles. The number of hydrogen-bond donors (Lipinski definition) is 1. The lowest BCUT2D eigenvalue weighted by Gasteiger charge is -2.35. The Morgan fingerprint density at radius 2 is 1.59 bits per heavy atom. The van der Waals surface area contributed by atoms with Crippen LogP contribution in [0.4, 0.5) is 11.4 Å². The van der Waals surface area contributed by atoms with Crippen molar-refractivity contribution < 1.29 is 14.3 Å². The van der Waals surface area contributed by atoms with Crippen molar-refractivity contribution in [3.8, 4) is 5.75 Å². The van der Waals surface area contributed by atoms with Crippen LogP contribution in [0.3, 0.4) is 0 Å². The van der Waals surface area contributed by atoms with E-state index in [0.29, 0.717) is 17.8 Å². The Kier molecular flexibility index (Phi) is 6.08. The number of nitrogens with one attached hydrogen (secondary N) is 1. The highest BCUT2D eigenvalue weighted by atomic mass is 16.5. The molecule has 1 amide bonds. The van der Waals surface area contributed by atoms with E-state index in [9.17, 15) is 9.59 Å². The normalized spacial score (nSPS) is 14.7. The number of Topliss-reactive ketones (excluding diaryl/α,β-unsaturated/α-hetero) is 1. The first-order chi connectivity index (χ1) is 13.0. The fourth-order valence-corrected chi connectivity index (χ4v) is 3.15. The minimum atomic E-state index is -0.0385. The molecule has 0 atom stereocenters. The summed E-state index contributed by atoms with van der Waals surface area (Å²) in [5.74, 6) is 0.830. The van der Waals surface area contributed by atoms with Crippen molar-refractivity contribution in [1.82, 2.24) is 4.90 Å². The number of ether oxygens (including phenoxy) is 1. The molecule has 0 bridgehead atoms. The number of nitrogens with zero attached hydrogens (tertiary/aromatic N) is 2. The molecule has 2 aromatic rings. The van der Waals surface area contributed by atoms with Crippen molar-refractivity contribution in [2.24, 2.45) is 0 Å². The van der Waals surface area contributed by atoms with Gasteiger partial charge in [-0.3, -0.25) is 14.5 Å². The number of methoxy groups -OCH3 is 1. The highest BCUT2D eigenvalue weighted by Gasteiger charge is 2.19. The van der Waals surface area contributed by atoms with Crippen LogP contribution in [0.2, 0.25) is 0 Å². The van der Waals surface area contributed by atoms with E-state index in [4.69, 9.17) is 4.74 Å². The number of piperazine rings is 1. The van der Waals surface area contributed by atoms with E-state index in [1.807, 2.05) is 12.1 Å². The van der Waals surface area contributed by atoms with Crippen LogP contribution in [0, 0.1) is 0 Å². The van der Waals surface area contributed by atoms with Gasteiger partial charge in [-0.25, -0.2) is 0 Å². The van der Waals surface area contributed by atoms with E-state index in [1.54, 1.807) is 31.4 Å². The third-order valence-corrected chi connectivity index (χ3v) is 4.75. The molecule has 2 aromatic carbocycles. The minimum absolute atomic E-state index is 0.0163. The lowest BCUT2D eigenvalue weighted by Crippen LogP contribution is -2.48. The third kappa shape index (κ3) is 5.08. The second-order valence-electron chi connectivity index (χ2n) is 6.64. The molecule has 3 rings (SSSR count). The summed E-state index contributed by atoms with van der Waals surface area (Å²) < 4.78 is 5.20. The highest BCUT2D eigenvalue weighted by Crippen LogP contribution is 2.20. The molecule has 0 saturated carbocycles. The molecule has 0 spiro atoms. The molecule has 1 N–H and O–H groups in total. The Balaban J connectivity index is 1.46. The fraction of sp³-hybridized carbons (Fsp3) is 0.333. The van der Waals surface area contributed by atoms with E-state index >= 15 is 0 Å². The molecule has 6 nitrogen and oxygen atoms in total. The van der Waals surface area contributed by atoms with E-state index in [2.05, 4.69) is 27.2 Å². The summed E-state index contributed by atoms with van der Waals surface area (Å²) in [7, 11) is 1.66. The van der Waals surface area contributed by atoms with Gasteiger partial charge in [0.25, 0.3) is 0 Å². The second kappa shape index (κ2) is 8.68. The Hall–Kier alpha value is -2.86. The van der Waals surface area contributed by atoms with Gasteiger partial charge in [-0.1, -0.05) is 0 Å². The van der Waals surface area contributed by atoms with Gasteiger partial charge in [0.05, 0.1) is 13.7 Å². The maximum Gasteiger partial charge on any atom is 0.238 e. The molecule has 1 fully saturated rings. The minimum Gasteiger partial charge on any atom is -0.497 e. The molecule has 6 heteroatoms. The van der Waals surface area contributed by atoms with Crippen LogP contribution in [0.1, 0.15) is 17.3 Å². The third-order valence-electron chi connectivity index (χ3n) is 4.75. The fourth-order valence-electron chi connectivity index (χ4n) is 3.15. The van der Waals surface area contributed by atoms with Crippen LogP contribution < -0.4 is 15.0 Å². The number of ketones is 1. The first-order valence-electron chi connectivity index (χ1n) is 9.07. The second-order valence-corrected chi connectivity index (χ2v) is 6.64. The Labute approximate surface area is 159 Å². The predicted molar refractivity (Wildman–Crippen MR) is 107 cm³/mol. The molecule has 1 aliphatic heterocycles. The van der Waals surface area contributed by atoms with Gasteiger partial charge >= 0.3 is 0 Å². The van der Waals surface area contributed by atoms with E-state index in [1.165, 1.54) is 12.6 Å². The average molecular weight is 367 g/mol. The lowest BCUT2D eigenvalue weighted by atomic mass is 10.1. The van der Waals surface area contributed by atoms with Crippen molar-refractivity contribution in [3.05, 3.63) is 54.1 Å². The molecular formula is C21H25N3O3. The average Bonchev–Trinajstić information content (AvgIpc) is 2.69. The quantitative estimate of drug-likeness (QED) is 0.796. The van der Waals surface area contributed by atoms with Gasteiger partial charge in [0.2, 0.25) is 5.91 Å². The van der Waals surface area contributed by atoms with Crippen molar-refractivity contribution in [3.63, 3.8) is 0 Å². The smallest absolute Gasteiger partial charge is 0.238 e. The number of rotatable bonds is 6. The summed E-state index contributed by atoms with van der Waals surface area (Å²) in [6, 6.07) is 15.0. The molecular weight excluding hydrogens is 342 g/mol. The number of benzene rings is 2. The van der Waals surface area contributed by atoms with Gasteiger partial charge in [-0.2, -0.15) is 0 Å². The molecule has 27 heavy (non-hydrogen) atoms. The molecule has 0 aliphatic carbocycles. The molecule has 0 radical (unpaired) electrons. The number of carbonyl (C=O) groups is 2. The maximum atomic E-state index is 12.3. The molecule has 1 heterocycles. The van der Waals surface area contributed by atoms with Gasteiger partial charge in [-0.05, 0) is 55.5 Å². The van der Waals surface area contributed by atoms with E-state index in [-0.39, 0.29) is 11.7 Å². The number of amides is 1. The Morgan fingerprint density at radius 3 is 2.15 bits per heavy atom. The van der Waals surface area contributed by atoms with Gasteiger partial charge in [0.1, 0.15) is 5.75 Å². The van der Waals surface area contributed by atoms with Gasteiger partial charge in [-0.15, -0.1) is 0 Å². The van der Waals surface area contributed by atoms with Crippen LogP contribution in [0.5, 0.6) is 5.75 Å². The Bertz CT molecular complexity index is 779. The number of anilines is 2. The van der Waals surface area contributed by atoms with Crippen LogP contribution >= 0.6 is 0 Å². The van der Waals surface area contributed by atoms with Gasteiger partial charge in [0.15, 0.2) is 5.78 Å². The maximum absolute atomic E-state index is 12.3. The summed E-state index contributed by atoms with van der Waals surface area (Å²) in [5.41, 5.74) is 2.52. The first kappa shape index (κ1) is 18.9. The van der Waals surface area contributed by atoms with E-state index in [0.717, 1.165) is 31.9 Å². The number of hydrogen-bond acceptors (Lipinski definition) is 5. The first-order valence-corrected chi connectivity index (χ1v) is 9.07. The van der Waals surface area contributed by atoms with Crippen molar-refractivity contribution >= 4 is 23.1 Å². The summed E-state index contributed by atoms with van der Waals surface area (Å²) in [6.45, 7) is 5.33. The molecule has 142 valence electrons. The van der Waals surface area contributed by atoms with Crippen LogP contribution in [-0.4, -0.2) is 56.4 Å². The Morgan fingerprint density at radius 1 is 0.963 bits per heavy atom. The molecule has 1 aliphatic rings. The van der Waals surface area contributed by atoms with Crippen LogP contribution in [-0.2, 0) is 4.79 Å². The van der Waals surface area contributed by atoms with Gasteiger partial charge in [0, 0.05) is 43.1 Å². The summed E-state index contributed by atoms with van der Waals surface area (Å²) in [5, 5.41) is 2.89. The highest BCUT2D eigenvalue weighted by molar-refractivity contribution is 5.96. The summed E-state index contributed by atoms with van der Waals surface area (Å²) >= 11 is 0. The number of carbonyl (C=O) groups excluding carboxylic acids is 2. The summed E-state index contributed by atoms with van der Waals surface area (Å²) in [6.07, 6.45) is 0. The van der Waals surface area contributed by atoms with Gasteiger partial charge < -0.3 is 15.0 Å².